The monoisotopic (exact) mass is 382 g/mol. The Balaban J connectivity index is 2.09. The third-order valence-corrected chi connectivity index (χ3v) is 6.80. The molecular formula is C16H18N2O5S2. The standard InChI is InChI=1S/C16H18N2O5S2/c1-18(2)25(22,23)15-10-8-13(9-11-15)17-16(19)12-24(20,21)14-6-4-3-5-7-14/h3-11H,12H2,1-2H3,(H,17,19). The van der Waals surface area contributed by atoms with Crippen LogP contribution in [0.15, 0.2) is 64.4 Å². The van der Waals surface area contributed by atoms with Gasteiger partial charge in [0.25, 0.3) is 0 Å². The van der Waals surface area contributed by atoms with Crippen molar-refractivity contribution in [2.24, 2.45) is 0 Å². The van der Waals surface area contributed by atoms with E-state index in [0.717, 1.165) is 4.31 Å². The first-order chi connectivity index (χ1) is 11.6. The molecule has 2 rings (SSSR count). The van der Waals surface area contributed by atoms with Gasteiger partial charge >= 0.3 is 0 Å². The lowest BCUT2D eigenvalue weighted by Crippen LogP contribution is -2.23. The lowest BCUT2D eigenvalue weighted by molar-refractivity contribution is -0.113. The molecule has 25 heavy (non-hydrogen) atoms. The van der Waals surface area contributed by atoms with E-state index in [1.807, 2.05) is 0 Å². The minimum atomic E-state index is -3.74. The Labute approximate surface area is 147 Å². The molecule has 2 aromatic carbocycles. The maximum atomic E-state index is 12.1. The van der Waals surface area contributed by atoms with E-state index in [9.17, 15) is 21.6 Å². The Morgan fingerprint density at radius 1 is 0.880 bits per heavy atom. The van der Waals surface area contributed by atoms with Gasteiger partial charge in [-0.1, -0.05) is 18.2 Å². The summed E-state index contributed by atoms with van der Waals surface area (Å²) in [5.41, 5.74) is 0.311. The summed E-state index contributed by atoms with van der Waals surface area (Å²) < 4.78 is 49.3. The molecule has 0 unspecified atom stereocenters. The van der Waals surface area contributed by atoms with Gasteiger partial charge in [0.1, 0.15) is 5.75 Å². The lowest BCUT2D eigenvalue weighted by atomic mass is 10.3. The fourth-order valence-corrected chi connectivity index (χ4v) is 4.06. The van der Waals surface area contributed by atoms with Crippen molar-refractivity contribution >= 4 is 31.5 Å². The maximum absolute atomic E-state index is 12.1. The Morgan fingerprint density at radius 2 is 1.44 bits per heavy atom. The molecule has 134 valence electrons. The molecule has 0 atom stereocenters. The summed E-state index contributed by atoms with van der Waals surface area (Å²) in [7, 11) is -4.47. The summed E-state index contributed by atoms with van der Waals surface area (Å²) in [6.07, 6.45) is 0. The highest BCUT2D eigenvalue weighted by Gasteiger charge is 2.20. The predicted octanol–water partition coefficient (Wildman–Crippen LogP) is 1.35. The van der Waals surface area contributed by atoms with Gasteiger partial charge in [0.2, 0.25) is 15.9 Å². The Hall–Kier alpha value is -2.23. The van der Waals surface area contributed by atoms with Crippen LogP contribution in [0, 0.1) is 0 Å². The summed E-state index contributed by atoms with van der Waals surface area (Å²) in [5.74, 6) is -1.40. The molecule has 0 radical (unpaired) electrons. The van der Waals surface area contributed by atoms with Crippen LogP contribution in [0.4, 0.5) is 5.69 Å². The number of hydrogen-bond acceptors (Lipinski definition) is 5. The highest BCUT2D eigenvalue weighted by atomic mass is 32.2. The molecule has 7 nitrogen and oxygen atoms in total. The fourth-order valence-electron chi connectivity index (χ4n) is 2.00. The minimum Gasteiger partial charge on any atom is -0.325 e. The number of sulfonamides is 1. The van der Waals surface area contributed by atoms with Crippen LogP contribution in [0.1, 0.15) is 0 Å². The number of nitrogens with zero attached hydrogens (tertiary/aromatic N) is 1. The van der Waals surface area contributed by atoms with Crippen molar-refractivity contribution in [3.8, 4) is 0 Å². The predicted molar refractivity (Wildman–Crippen MR) is 94.4 cm³/mol. The zero-order valence-corrected chi connectivity index (χ0v) is 15.3. The molecule has 0 aliphatic rings. The average Bonchev–Trinajstić information content (AvgIpc) is 2.55. The first-order valence-electron chi connectivity index (χ1n) is 7.23. The van der Waals surface area contributed by atoms with Crippen LogP contribution in [0.2, 0.25) is 0 Å². The number of benzene rings is 2. The van der Waals surface area contributed by atoms with Crippen molar-refractivity contribution in [3.05, 3.63) is 54.6 Å². The Morgan fingerprint density at radius 3 is 1.96 bits per heavy atom. The summed E-state index contributed by atoms with van der Waals surface area (Å²) >= 11 is 0. The van der Waals surface area contributed by atoms with Crippen LogP contribution in [0.5, 0.6) is 0 Å². The van der Waals surface area contributed by atoms with Crippen molar-refractivity contribution in [1.82, 2.24) is 4.31 Å². The summed E-state index contributed by atoms with van der Waals surface area (Å²) in [6.45, 7) is 0. The molecule has 0 spiro atoms. The molecule has 0 saturated heterocycles. The zero-order valence-electron chi connectivity index (χ0n) is 13.7. The van der Waals surface area contributed by atoms with Crippen molar-refractivity contribution < 1.29 is 21.6 Å². The molecule has 0 aliphatic carbocycles. The molecular weight excluding hydrogens is 364 g/mol. The van der Waals surface area contributed by atoms with Gasteiger partial charge in [-0.3, -0.25) is 4.79 Å². The van der Waals surface area contributed by atoms with E-state index in [1.165, 1.54) is 50.5 Å². The average molecular weight is 382 g/mol. The van der Waals surface area contributed by atoms with Crippen LogP contribution in [0.3, 0.4) is 0 Å². The molecule has 0 fully saturated rings. The van der Waals surface area contributed by atoms with Gasteiger partial charge in [-0.05, 0) is 36.4 Å². The molecule has 1 N–H and O–H groups in total. The quantitative estimate of drug-likeness (QED) is 0.813. The van der Waals surface area contributed by atoms with E-state index in [0.29, 0.717) is 5.69 Å². The van der Waals surface area contributed by atoms with Crippen molar-refractivity contribution in [1.29, 1.82) is 0 Å². The Bertz CT molecular complexity index is 951. The molecule has 1 amide bonds. The first kappa shape index (κ1) is 19.1. The second-order valence-corrected chi connectivity index (χ2v) is 9.57. The van der Waals surface area contributed by atoms with Crippen molar-refractivity contribution in [3.63, 3.8) is 0 Å². The largest absolute Gasteiger partial charge is 0.325 e. The fraction of sp³-hybridized carbons (Fsp3) is 0.188. The second kappa shape index (κ2) is 7.34. The molecule has 2 aromatic rings. The van der Waals surface area contributed by atoms with Gasteiger partial charge in [-0.25, -0.2) is 21.1 Å². The number of carbonyl (C=O) groups is 1. The van der Waals surface area contributed by atoms with Crippen molar-refractivity contribution in [2.45, 2.75) is 9.79 Å². The van der Waals surface area contributed by atoms with E-state index in [1.54, 1.807) is 18.2 Å². The summed E-state index contributed by atoms with van der Waals surface area (Å²) in [5, 5.41) is 2.45. The number of hydrogen-bond donors (Lipinski definition) is 1. The van der Waals surface area contributed by atoms with E-state index in [4.69, 9.17) is 0 Å². The maximum Gasteiger partial charge on any atom is 0.242 e. The van der Waals surface area contributed by atoms with Gasteiger partial charge in [0.15, 0.2) is 9.84 Å². The molecule has 9 heteroatoms. The second-order valence-electron chi connectivity index (χ2n) is 5.43. The van der Waals surface area contributed by atoms with E-state index in [2.05, 4.69) is 5.32 Å². The molecule has 0 aromatic heterocycles. The van der Waals surface area contributed by atoms with E-state index in [-0.39, 0.29) is 9.79 Å². The normalized spacial score (nSPS) is 12.1. The molecule has 0 heterocycles. The van der Waals surface area contributed by atoms with Crippen LogP contribution in [-0.4, -0.2) is 46.9 Å². The number of sulfone groups is 1. The third kappa shape index (κ3) is 4.65. The van der Waals surface area contributed by atoms with Crippen molar-refractivity contribution in [2.75, 3.05) is 25.2 Å². The van der Waals surface area contributed by atoms with Gasteiger partial charge < -0.3 is 5.32 Å². The van der Waals surface area contributed by atoms with Gasteiger partial charge in [-0.15, -0.1) is 0 Å². The van der Waals surface area contributed by atoms with Crippen LogP contribution >= 0.6 is 0 Å². The van der Waals surface area contributed by atoms with E-state index < -0.39 is 31.5 Å². The highest BCUT2D eigenvalue weighted by molar-refractivity contribution is 7.92. The zero-order chi connectivity index (χ0) is 18.7. The molecule has 0 aliphatic heterocycles. The van der Waals surface area contributed by atoms with E-state index >= 15 is 0 Å². The smallest absolute Gasteiger partial charge is 0.242 e. The minimum absolute atomic E-state index is 0.0672. The number of rotatable bonds is 6. The van der Waals surface area contributed by atoms with Crippen LogP contribution in [-0.2, 0) is 24.7 Å². The SMILES string of the molecule is CN(C)S(=O)(=O)c1ccc(NC(=O)CS(=O)(=O)c2ccccc2)cc1. The number of amides is 1. The lowest BCUT2D eigenvalue weighted by Gasteiger charge is -2.12. The van der Waals surface area contributed by atoms with Gasteiger partial charge in [0, 0.05) is 19.8 Å². The highest BCUT2D eigenvalue weighted by Crippen LogP contribution is 2.17. The summed E-state index contributed by atoms with van der Waals surface area (Å²) in [6, 6.07) is 13.2. The number of carbonyl (C=O) groups excluding carboxylic acids is 1. The number of anilines is 1. The summed E-state index contributed by atoms with van der Waals surface area (Å²) in [4.78, 5) is 12.1. The number of nitrogens with one attached hydrogen (secondary N) is 1. The van der Waals surface area contributed by atoms with Gasteiger partial charge in [0.05, 0.1) is 9.79 Å². The van der Waals surface area contributed by atoms with Gasteiger partial charge in [-0.2, -0.15) is 0 Å². The molecule has 0 bridgehead atoms. The first-order valence-corrected chi connectivity index (χ1v) is 10.3. The van der Waals surface area contributed by atoms with Crippen LogP contribution < -0.4 is 5.32 Å². The molecule has 0 saturated carbocycles. The topological polar surface area (TPSA) is 101 Å². The van der Waals surface area contributed by atoms with Crippen LogP contribution in [0.25, 0.3) is 0 Å². The third-order valence-electron chi connectivity index (χ3n) is 3.34. The Kier molecular flexibility index (Phi) is 5.61.